The number of ether oxygens (including phenoxy) is 4. The van der Waals surface area contributed by atoms with Crippen LogP contribution in [0.3, 0.4) is 0 Å². The van der Waals surface area contributed by atoms with Crippen molar-refractivity contribution in [2.24, 2.45) is 0 Å². The van der Waals surface area contributed by atoms with E-state index in [1.165, 1.54) is 0 Å². The molecule has 0 fully saturated rings. The standard InChI is InChI=1S/C27H28N2O6/c1-5-32-23-14-17(15-24(33-6-2)25(23)34-7-3)26(30)28-18-12-13-20-22(16-18)35-27(29-20)19-10-8-9-11-21(19)31-4/h8-16H,5-7H2,1-4H3,(H,28,30). The minimum Gasteiger partial charge on any atom is -0.496 e. The molecule has 4 rings (SSSR count). The number of nitrogens with one attached hydrogen (secondary N) is 1. The molecule has 0 saturated heterocycles. The van der Waals surface area contributed by atoms with Gasteiger partial charge in [0.2, 0.25) is 11.6 Å². The van der Waals surface area contributed by atoms with Gasteiger partial charge in [-0.25, -0.2) is 4.98 Å². The average Bonchev–Trinajstić information content (AvgIpc) is 3.29. The molecule has 0 radical (unpaired) electrons. The molecule has 0 aliphatic carbocycles. The van der Waals surface area contributed by atoms with E-state index in [0.717, 1.165) is 5.56 Å². The number of oxazole rings is 1. The van der Waals surface area contributed by atoms with Crippen LogP contribution in [0.5, 0.6) is 23.0 Å². The molecule has 8 nitrogen and oxygen atoms in total. The van der Waals surface area contributed by atoms with Crippen molar-refractivity contribution in [3.63, 3.8) is 0 Å². The molecular weight excluding hydrogens is 448 g/mol. The van der Waals surface area contributed by atoms with Gasteiger partial charge in [-0.1, -0.05) is 12.1 Å². The zero-order valence-corrected chi connectivity index (χ0v) is 20.2. The van der Waals surface area contributed by atoms with Crippen LogP contribution in [-0.2, 0) is 0 Å². The van der Waals surface area contributed by atoms with Crippen LogP contribution < -0.4 is 24.3 Å². The van der Waals surface area contributed by atoms with Gasteiger partial charge in [-0.3, -0.25) is 4.79 Å². The predicted molar refractivity (Wildman–Crippen MR) is 134 cm³/mol. The van der Waals surface area contributed by atoms with Gasteiger partial charge in [-0.05, 0) is 57.2 Å². The van der Waals surface area contributed by atoms with Gasteiger partial charge in [-0.15, -0.1) is 0 Å². The van der Waals surface area contributed by atoms with Crippen LogP contribution in [0.1, 0.15) is 31.1 Å². The average molecular weight is 477 g/mol. The van der Waals surface area contributed by atoms with Crippen LogP contribution in [0, 0.1) is 0 Å². The molecule has 0 bridgehead atoms. The number of anilines is 1. The van der Waals surface area contributed by atoms with Crippen LogP contribution >= 0.6 is 0 Å². The smallest absolute Gasteiger partial charge is 0.255 e. The summed E-state index contributed by atoms with van der Waals surface area (Å²) in [6.45, 7) is 6.91. The largest absolute Gasteiger partial charge is 0.496 e. The lowest BCUT2D eigenvalue weighted by molar-refractivity contribution is 0.102. The molecule has 35 heavy (non-hydrogen) atoms. The van der Waals surface area contributed by atoms with Gasteiger partial charge in [-0.2, -0.15) is 0 Å². The quantitative estimate of drug-likeness (QED) is 0.302. The third-order valence-corrected chi connectivity index (χ3v) is 5.16. The number of benzene rings is 3. The first-order chi connectivity index (χ1) is 17.1. The summed E-state index contributed by atoms with van der Waals surface area (Å²) in [5.41, 5.74) is 2.91. The fraction of sp³-hybridized carbons (Fsp3) is 0.259. The van der Waals surface area contributed by atoms with E-state index in [2.05, 4.69) is 10.3 Å². The predicted octanol–water partition coefficient (Wildman–Crippen LogP) is 5.95. The van der Waals surface area contributed by atoms with Crippen molar-refractivity contribution in [1.29, 1.82) is 0 Å². The first-order valence-corrected chi connectivity index (χ1v) is 11.5. The van der Waals surface area contributed by atoms with Crippen LogP contribution in [-0.4, -0.2) is 37.8 Å². The Balaban J connectivity index is 1.63. The zero-order chi connectivity index (χ0) is 24.8. The van der Waals surface area contributed by atoms with Crippen molar-refractivity contribution in [2.75, 3.05) is 32.2 Å². The number of para-hydroxylation sites is 1. The maximum Gasteiger partial charge on any atom is 0.255 e. The van der Waals surface area contributed by atoms with Crippen LogP contribution in [0.2, 0.25) is 0 Å². The van der Waals surface area contributed by atoms with Gasteiger partial charge >= 0.3 is 0 Å². The van der Waals surface area contributed by atoms with E-state index >= 15 is 0 Å². The number of rotatable bonds is 10. The van der Waals surface area contributed by atoms with Gasteiger partial charge in [0.15, 0.2) is 17.1 Å². The number of carbonyl (C=O) groups excluding carboxylic acids is 1. The molecule has 8 heteroatoms. The Labute approximate surface area is 203 Å². The maximum atomic E-state index is 13.1. The molecule has 182 valence electrons. The topological polar surface area (TPSA) is 92.1 Å². The van der Waals surface area contributed by atoms with Crippen molar-refractivity contribution in [3.8, 4) is 34.5 Å². The number of carbonyl (C=O) groups is 1. The Morgan fingerprint density at radius 2 is 1.57 bits per heavy atom. The van der Waals surface area contributed by atoms with E-state index in [-0.39, 0.29) is 5.91 Å². The highest BCUT2D eigenvalue weighted by Gasteiger charge is 2.19. The number of amides is 1. The van der Waals surface area contributed by atoms with E-state index in [0.29, 0.717) is 71.1 Å². The lowest BCUT2D eigenvalue weighted by atomic mass is 10.1. The van der Waals surface area contributed by atoms with E-state index in [1.54, 1.807) is 37.4 Å². The highest BCUT2D eigenvalue weighted by Crippen LogP contribution is 2.39. The van der Waals surface area contributed by atoms with Crippen LogP contribution in [0.15, 0.2) is 59.0 Å². The Morgan fingerprint density at radius 1 is 0.886 bits per heavy atom. The van der Waals surface area contributed by atoms with Crippen molar-refractivity contribution in [2.45, 2.75) is 20.8 Å². The molecule has 1 amide bonds. The van der Waals surface area contributed by atoms with Gasteiger partial charge < -0.3 is 28.7 Å². The van der Waals surface area contributed by atoms with Gasteiger partial charge in [0, 0.05) is 17.3 Å². The number of hydrogen-bond donors (Lipinski definition) is 1. The molecule has 0 aliphatic rings. The molecule has 0 unspecified atom stereocenters. The third-order valence-electron chi connectivity index (χ3n) is 5.16. The fourth-order valence-electron chi connectivity index (χ4n) is 3.66. The van der Waals surface area contributed by atoms with Crippen molar-refractivity contribution >= 4 is 22.7 Å². The van der Waals surface area contributed by atoms with E-state index in [4.69, 9.17) is 23.4 Å². The summed E-state index contributed by atoms with van der Waals surface area (Å²) in [7, 11) is 1.60. The summed E-state index contributed by atoms with van der Waals surface area (Å²) >= 11 is 0. The number of nitrogens with zero attached hydrogens (tertiary/aromatic N) is 1. The molecule has 0 saturated carbocycles. The first kappa shape index (κ1) is 23.9. The van der Waals surface area contributed by atoms with Crippen LogP contribution in [0.25, 0.3) is 22.6 Å². The number of hydrogen-bond acceptors (Lipinski definition) is 7. The van der Waals surface area contributed by atoms with Crippen molar-refractivity contribution < 1.29 is 28.2 Å². The summed E-state index contributed by atoms with van der Waals surface area (Å²) in [4.78, 5) is 17.7. The highest BCUT2D eigenvalue weighted by atomic mass is 16.5. The lowest BCUT2D eigenvalue weighted by Crippen LogP contribution is -2.13. The van der Waals surface area contributed by atoms with E-state index in [1.807, 2.05) is 45.0 Å². The van der Waals surface area contributed by atoms with E-state index in [9.17, 15) is 4.79 Å². The second-order valence-corrected chi connectivity index (χ2v) is 7.46. The molecule has 3 aromatic carbocycles. The molecule has 1 heterocycles. The Bertz CT molecular complexity index is 1300. The minimum atomic E-state index is -0.321. The Kier molecular flexibility index (Phi) is 7.40. The minimum absolute atomic E-state index is 0.321. The number of aromatic nitrogens is 1. The second kappa shape index (κ2) is 10.8. The monoisotopic (exact) mass is 476 g/mol. The number of fused-ring (bicyclic) bond motifs is 1. The molecule has 1 N–H and O–H groups in total. The molecular formula is C27H28N2O6. The van der Waals surface area contributed by atoms with Gasteiger partial charge in [0.1, 0.15) is 11.3 Å². The maximum absolute atomic E-state index is 13.1. The molecule has 0 atom stereocenters. The highest BCUT2D eigenvalue weighted by molar-refractivity contribution is 6.05. The van der Waals surface area contributed by atoms with Gasteiger partial charge in [0.05, 0.1) is 32.5 Å². The summed E-state index contributed by atoms with van der Waals surface area (Å²) in [6, 6.07) is 16.1. The second-order valence-electron chi connectivity index (χ2n) is 7.46. The Hall–Kier alpha value is -4.20. The first-order valence-electron chi connectivity index (χ1n) is 11.5. The van der Waals surface area contributed by atoms with Crippen LogP contribution in [0.4, 0.5) is 5.69 Å². The number of methoxy groups -OCH3 is 1. The van der Waals surface area contributed by atoms with Gasteiger partial charge in [0.25, 0.3) is 5.91 Å². The fourth-order valence-corrected chi connectivity index (χ4v) is 3.66. The lowest BCUT2D eigenvalue weighted by Gasteiger charge is -2.17. The molecule has 1 aromatic heterocycles. The van der Waals surface area contributed by atoms with Crippen molar-refractivity contribution in [3.05, 3.63) is 60.2 Å². The SMILES string of the molecule is CCOc1cc(C(=O)Nc2ccc3nc(-c4ccccc4OC)oc3c2)cc(OCC)c1OCC. The normalized spacial score (nSPS) is 10.7. The summed E-state index contributed by atoms with van der Waals surface area (Å²) in [5, 5.41) is 2.91. The third kappa shape index (κ3) is 5.16. The molecule has 4 aromatic rings. The summed E-state index contributed by atoms with van der Waals surface area (Å²) in [6.07, 6.45) is 0. The zero-order valence-electron chi connectivity index (χ0n) is 20.2. The van der Waals surface area contributed by atoms with Crippen molar-refractivity contribution in [1.82, 2.24) is 4.98 Å². The van der Waals surface area contributed by atoms with E-state index < -0.39 is 0 Å². The summed E-state index contributed by atoms with van der Waals surface area (Å²) in [5.74, 6) is 2.18. The molecule has 0 spiro atoms. The molecule has 0 aliphatic heterocycles. The summed E-state index contributed by atoms with van der Waals surface area (Å²) < 4.78 is 28.5. The Morgan fingerprint density at radius 3 is 2.23 bits per heavy atom.